The summed E-state index contributed by atoms with van der Waals surface area (Å²) in [6, 6.07) is 11.7. The van der Waals surface area contributed by atoms with Crippen LogP contribution in [-0.2, 0) is 23.1 Å². The minimum atomic E-state index is -0.446. The number of aromatic nitrogens is 2. The number of aryl methyl sites for hydroxylation is 2. The first kappa shape index (κ1) is 21.6. The van der Waals surface area contributed by atoms with Crippen molar-refractivity contribution < 1.29 is 14.3 Å². The predicted molar refractivity (Wildman–Crippen MR) is 127 cm³/mol. The summed E-state index contributed by atoms with van der Waals surface area (Å²) in [5.41, 5.74) is 4.87. The van der Waals surface area contributed by atoms with Gasteiger partial charge in [-0.05, 0) is 50.3 Å². The fraction of sp³-hybridized carbons (Fsp3) is 0.423. The highest BCUT2D eigenvalue weighted by molar-refractivity contribution is 6.06. The van der Waals surface area contributed by atoms with Crippen LogP contribution in [0.1, 0.15) is 65.3 Å². The number of ether oxygens (including phenoxy) is 1. The van der Waals surface area contributed by atoms with Crippen LogP contribution >= 0.6 is 0 Å². The molecule has 1 saturated heterocycles. The van der Waals surface area contributed by atoms with E-state index in [4.69, 9.17) is 9.72 Å². The van der Waals surface area contributed by atoms with Crippen LogP contribution in [-0.4, -0.2) is 34.1 Å². The minimum Gasteiger partial charge on any atom is -0.368 e. The quantitative estimate of drug-likeness (QED) is 0.594. The van der Waals surface area contributed by atoms with Crippen molar-refractivity contribution in [2.45, 2.75) is 57.6 Å². The third-order valence-corrected chi connectivity index (χ3v) is 6.79. The summed E-state index contributed by atoms with van der Waals surface area (Å²) in [4.78, 5) is 30.7. The average Bonchev–Trinajstić information content (AvgIpc) is 3.41. The largest absolute Gasteiger partial charge is 0.368 e. The summed E-state index contributed by atoms with van der Waals surface area (Å²) < 4.78 is 7.63. The summed E-state index contributed by atoms with van der Waals surface area (Å²) in [5, 5.41) is 6.02. The molecule has 1 atom stereocenters. The number of carbonyl (C=O) groups is 2. The SMILES string of the molecule is Cc1ccc(CNC(=O)c2cc(NC(=O)C3CCCO3)c3c(c2)nc(C2CCC2)n3C)cc1. The Bertz CT molecular complexity index is 1190. The monoisotopic (exact) mass is 446 g/mol. The lowest BCUT2D eigenvalue weighted by Gasteiger charge is -2.24. The van der Waals surface area contributed by atoms with Crippen molar-refractivity contribution >= 4 is 28.5 Å². The summed E-state index contributed by atoms with van der Waals surface area (Å²) in [6.45, 7) is 3.07. The van der Waals surface area contributed by atoms with Crippen molar-refractivity contribution in [3.63, 3.8) is 0 Å². The van der Waals surface area contributed by atoms with Crippen molar-refractivity contribution in [1.29, 1.82) is 0 Å². The summed E-state index contributed by atoms with van der Waals surface area (Å²) in [6.07, 6.45) is 4.61. The molecule has 172 valence electrons. The normalized spacial score (nSPS) is 18.3. The Hall–Kier alpha value is -3.19. The van der Waals surface area contributed by atoms with E-state index in [1.165, 1.54) is 12.0 Å². The van der Waals surface area contributed by atoms with Crippen molar-refractivity contribution in [2.24, 2.45) is 7.05 Å². The zero-order valence-corrected chi connectivity index (χ0v) is 19.2. The number of anilines is 1. The number of fused-ring (bicyclic) bond motifs is 1. The number of imidazole rings is 1. The van der Waals surface area contributed by atoms with Crippen LogP contribution in [0.25, 0.3) is 11.0 Å². The number of carbonyl (C=O) groups excluding carboxylic acids is 2. The van der Waals surface area contributed by atoms with Crippen LogP contribution in [0.2, 0.25) is 0 Å². The van der Waals surface area contributed by atoms with Gasteiger partial charge < -0.3 is 19.9 Å². The Morgan fingerprint density at radius 1 is 1.12 bits per heavy atom. The van der Waals surface area contributed by atoms with Gasteiger partial charge in [0.25, 0.3) is 11.8 Å². The molecule has 2 aliphatic rings. The van der Waals surface area contributed by atoms with Gasteiger partial charge in [-0.2, -0.15) is 0 Å². The second-order valence-corrected chi connectivity index (χ2v) is 9.21. The van der Waals surface area contributed by atoms with E-state index in [9.17, 15) is 9.59 Å². The topological polar surface area (TPSA) is 85.2 Å². The first-order chi connectivity index (χ1) is 16.0. The molecule has 1 aliphatic carbocycles. The van der Waals surface area contributed by atoms with Crippen molar-refractivity contribution in [3.05, 3.63) is 58.9 Å². The van der Waals surface area contributed by atoms with Gasteiger partial charge in [0.2, 0.25) is 0 Å². The summed E-state index contributed by atoms with van der Waals surface area (Å²) in [7, 11) is 1.99. The molecule has 2 fully saturated rings. The summed E-state index contributed by atoms with van der Waals surface area (Å²) in [5.74, 6) is 1.09. The highest BCUT2D eigenvalue weighted by atomic mass is 16.5. The van der Waals surface area contributed by atoms with Crippen LogP contribution in [0.5, 0.6) is 0 Å². The van der Waals surface area contributed by atoms with E-state index in [1.807, 2.05) is 44.3 Å². The van der Waals surface area contributed by atoms with Gasteiger partial charge in [0, 0.05) is 31.7 Å². The Morgan fingerprint density at radius 3 is 2.58 bits per heavy atom. The van der Waals surface area contributed by atoms with Gasteiger partial charge in [-0.3, -0.25) is 9.59 Å². The Kier molecular flexibility index (Phi) is 5.89. The molecular formula is C26H30N4O3. The molecule has 7 heteroatoms. The molecule has 1 aromatic heterocycles. The van der Waals surface area contributed by atoms with Crippen LogP contribution in [0.15, 0.2) is 36.4 Å². The predicted octanol–water partition coefficient (Wildman–Crippen LogP) is 4.20. The maximum absolute atomic E-state index is 13.0. The van der Waals surface area contributed by atoms with Gasteiger partial charge in [0.1, 0.15) is 11.9 Å². The van der Waals surface area contributed by atoms with Gasteiger partial charge in [0.05, 0.1) is 16.7 Å². The van der Waals surface area contributed by atoms with E-state index >= 15 is 0 Å². The lowest BCUT2D eigenvalue weighted by atomic mass is 9.85. The Morgan fingerprint density at radius 2 is 1.91 bits per heavy atom. The molecule has 5 rings (SSSR count). The number of hydrogen-bond acceptors (Lipinski definition) is 4. The Labute approximate surface area is 193 Å². The fourth-order valence-corrected chi connectivity index (χ4v) is 4.62. The molecule has 3 aromatic rings. The lowest BCUT2D eigenvalue weighted by Crippen LogP contribution is -2.27. The van der Waals surface area contributed by atoms with Crippen LogP contribution in [0.4, 0.5) is 5.69 Å². The van der Waals surface area contributed by atoms with Gasteiger partial charge >= 0.3 is 0 Å². The minimum absolute atomic E-state index is 0.169. The third kappa shape index (κ3) is 4.37. The van der Waals surface area contributed by atoms with Gasteiger partial charge in [-0.15, -0.1) is 0 Å². The smallest absolute Gasteiger partial charge is 0.253 e. The van der Waals surface area contributed by atoms with E-state index < -0.39 is 6.10 Å². The zero-order valence-electron chi connectivity index (χ0n) is 19.2. The number of hydrogen-bond donors (Lipinski definition) is 2. The molecule has 0 radical (unpaired) electrons. The van der Waals surface area contributed by atoms with Gasteiger partial charge in [0.15, 0.2) is 0 Å². The number of amides is 2. The number of benzene rings is 2. The molecule has 0 bridgehead atoms. The second kappa shape index (κ2) is 8.98. The van der Waals surface area contributed by atoms with Gasteiger partial charge in [-0.1, -0.05) is 36.2 Å². The number of nitrogens with zero attached hydrogens (tertiary/aromatic N) is 2. The maximum Gasteiger partial charge on any atom is 0.253 e. The van der Waals surface area contributed by atoms with Crippen LogP contribution in [0.3, 0.4) is 0 Å². The van der Waals surface area contributed by atoms with Crippen molar-refractivity contribution in [3.8, 4) is 0 Å². The standard InChI is InChI=1S/C26H30N4O3/c1-16-8-10-17(11-9-16)15-27-25(31)19-13-20-23(30(2)24(28-20)18-5-3-6-18)21(14-19)29-26(32)22-7-4-12-33-22/h8-11,13-14,18,22H,3-7,12,15H2,1-2H3,(H,27,31)(H,29,32). The molecule has 2 heterocycles. The van der Waals surface area contributed by atoms with Crippen molar-refractivity contribution in [2.75, 3.05) is 11.9 Å². The zero-order chi connectivity index (χ0) is 22.9. The number of nitrogens with one attached hydrogen (secondary N) is 2. The summed E-state index contributed by atoms with van der Waals surface area (Å²) >= 11 is 0. The molecule has 1 aliphatic heterocycles. The highest BCUT2D eigenvalue weighted by Gasteiger charge is 2.28. The second-order valence-electron chi connectivity index (χ2n) is 9.21. The lowest BCUT2D eigenvalue weighted by molar-refractivity contribution is -0.124. The third-order valence-electron chi connectivity index (χ3n) is 6.79. The fourth-order valence-electron chi connectivity index (χ4n) is 4.62. The van der Waals surface area contributed by atoms with Crippen LogP contribution < -0.4 is 10.6 Å². The van der Waals surface area contributed by atoms with Gasteiger partial charge in [-0.25, -0.2) is 4.98 Å². The van der Waals surface area contributed by atoms with E-state index in [0.29, 0.717) is 36.7 Å². The number of rotatable bonds is 6. The molecule has 2 amide bonds. The molecular weight excluding hydrogens is 416 g/mol. The molecule has 2 aromatic carbocycles. The molecule has 1 unspecified atom stereocenters. The van der Waals surface area contributed by atoms with E-state index in [-0.39, 0.29) is 11.8 Å². The van der Waals surface area contributed by atoms with E-state index in [2.05, 4.69) is 15.2 Å². The molecule has 7 nitrogen and oxygen atoms in total. The molecule has 1 saturated carbocycles. The molecule has 0 spiro atoms. The average molecular weight is 447 g/mol. The molecule has 33 heavy (non-hydrogen) atoms. The first-order valence-corrected chi connectivity index (χ1v) is 11.8. The van der Waals surface area contributed by atoms with E-state index in [0.717, 1.165) is 41.7 Å². The molecule has 2 N–H and O–H groups in total. The van der Waals surface area contributed by atoms with E-state index in [1.54, 1.807) is 6.07 Å². The Balaban J connectivity index is 1.45. The highest BCUT2D eigenvalue weighted by Crippen LogP contribution is 2.38. The van der Waals surface area contributed by atoms with Crippen molar-refractivity contribution in [1.82, 2.24) is 14.9 Å². The van der Waals surface area contributed by atoms with Crippen LogP contribution in [0, 0.1) is 6.92 Å². The first-order valence-electron chi connectivity index (χ1n) is 11.8. The maximum atomic E-state index is 13.0.